The van der Waals surface area contributed by atoms with Gasteiger partial charge in [0, 0.05) is 5.39 Å². The lowest BCUT2D eigenvalue weighted by molar-refractivity contribution is -0.274. The number of hydrogen-bond acceptors (Lipinski definition) is 3. The summed E-state index contributed by atoms with van der Waals surface area (Å²) in [5, 5.41) is 0.789. The number of aryl methyl sites for hydroxylation is 2. The quantitative estimate of drug-likeness (QED) is 0.321. The van der Waals surface area contributed by atoms with Gasteiger partial charge in [0.2, 0.25) is 0 Å². The molecule has 0 aliphatic carbocycles. The monoisotopic (exact) mass is 438 g/mol. The molecule has 3 aromatic carbocycles. The molecule has 0 fully saturated rings. The van der Waals surface area contributed by atoms with Gasteiger partial charge in [-0.25, -0.2) is 4.79 Å². The Morgan fingerprint density at radius 3 is 2.28 bits per heavy atom. The molecule has 1 aromatic heterocycles. The fraction of sp³-hybridized carbons (Fsp3) is 0.192. The van der Waals surface area contributed by atoms with Gasteiger partial charge in [-0.3, -0.25) is 0 Å². The van der Waals surface area contributed by atoms with Crippen LogP contribution in [-0.2, 0) is 12.8 Å². The van der Waals surface area contributed by atoms with Crippen molar-refractivity contribution in [3.8, 4) is 16.9 Å². The molecule has 0 radical (unpaired) electrons. The van der Waals surface area contributed by atoms with Crippen molar-refractivity contribution in [2.24, 2.45) is 0 Å². The average Bonchev–Trinajstić information content (AvgIpc) is 2.74. The maximum absolute atomic E-state index is 13.0. The summed E-state index contributed by atoms with van der Waals surface area (Å²) < 4.78 is 47.4. The minimum atomic E-state index is -4.79. The van der Waals surface area contributed by atoms with E-state index in [4.69, 9.17) is 4.42 Å². The summed E-state index contributed by atoms with van der Waals surface area (Å²) in [6.45, 7) is 3.73. The van der Waals surface area contributed by atoms with E-state index >= 15 is 0 Å². The SMILES string of the molecule is CCc1ccc(Cc2c(-c3ccc(OC(F)(F)F)cc3C)c(=O)oc3ccccc23)cc1. The molecule has 0 atom stereocenters. The van der Waals surface area contributed by atoms with E-state index in [-0.39, 0.29) is 5.75 Å². The van der Waals surface area contributed by atoms with Crippen molar-refractivity contribution in [1.29, 1.82) is 0 Å². The van der Waals surface area contributed by atoms with E-state index < -0.39 is 12.0 Å². The van der Waals surface area contributed by atoms with Crippen molar-refractivity contribution in [2.45, 2.75) is 33.1 Å². The average molecular weight is 438 g/mol. The molecule has 0 aliphatic heterocycles. The van der Waals surface area contributed by atoms with Crippen molar-refractivity contribution < 1.29 is 22.3 Å². The zero-order valence-electron chi connectivity index (χ0n) is 17.6. The van der Waals surface area contributed by atoms with Crippen LogP contribution in [0.3, 0.4) is 0 Å². The molecule has 0 saturated heterocycles. The predicted octanol–water partition coefficient (Wildman–Crippen LogP) is 6.82. The molecule has 4 aromatic rings. The molecule has 0 saturated carbocycles. The van der Waals surface area contributed by atoms with Gasteiger partial charge in [0.15, 0.2) is 0 Å². The normalized spacial score (nSPS) is 11.7. The molecule has 1 heterocycles. The first-order valence-corrected chi connectivity index (χ1v) is 10.2. The van der Waals surface area contributed by atoms with Crippen molar-refractivity contribution in [2.75, 3.05) is 0 Å². The van der Waals surface area contributed by atoms with E-state index in [1.807, 2.05) is 24.3 Å². The van der Waals surface area contributed by atoms with Crippen LogP contribution in [0.15, 0.2) is 75.9 Å². The summed E-state index contributed by atoms with van der Waals surface area (Å²) in [6.07, 6.45) is -3.38. The van der Waals surface area contributed by atoms with E-state index in [1.165, 1.54) is 23.8 Å². The Hall–Kier alpha value is -3.54. The Morgan fingerprint density at radius 1 is 0.938 bits per heavy atom. The first-order valence-electron chi connectivity index (χ1n) is 10.2. The number of ether oxygens (including phenoxy) is 1. The lowest BCUT2D eigenvalue weighted by Gasteiger charge is -2.15. The molecule has 32 heavy (non-hydrogen) atoms. The Balaban J connectivity index is 1.88. The van der Waals surface area contributed by atoms with Gasteiger partial charge in [-0.05, 0) is 65.8 Å². The zero-order chi connectivity index (χ0) is 22.9. The fourth-order valence-electron chi connectivity index (χ4n) is 3.88. The van der Waals surface area contributed by atoms with E-state index in [1.54, 1.807) is 19.1 Å². The van der Waals surface area contributed by atoms with Crippen LogP contribution in [0.4, 0.5) is 13.2 Å². The van der Waals surface area contributed by atoms with Gasteiger partial charge < -0.3 is 9.15 Å². The van der Waals surface area contributed by atoms with E-state index in [2.05, 4.69) is 23.8 Å². The summed E-state index contributed by atoms with van der Waals surface area (Å²) in [5.74, 6) is -0.333. The Labute approximate surface area is 183 Å². The molecule has 0 amide bonds. The molecule has 0 aliphatic rings. The fourth-order valence-corrected chi connectivity index (χ4v) is 3.88. The maximum atomic E-state index is 13.0. The third kappa shape index (κ3) is 4.54. The molecule has 0 bridgehead atoms. The summed E-state index contributed by atoms with van der Waals surface area (Å²) in [5.41, 5.74) is 4.29. The molecule has 4 rings (SSSR count). The number of fused-ring (bicyclic) bond motifs is 1. The molecule has 0 unspecified atom stereocenters. The van der Waals surface area contributed by atoms with Crippen molar-refractivity contribution >= 4 is 11.0 Å². The highest BCUT2D eigenvalue weighted by Gasteiger charge is 2.31. The molecular weight excluding hydrogens is 417 g/mol. The lowest BCUT2D eigenvalue weighted by Crippen LogP contribution is -2.17. The van der Waals surface area contributed by atoms with Crippen LogP contribution in [0.1, 0.15) is 29.2 Å². The van der Waals surface area contributed by atoms with Crippen LogP contribution >= 0.6 is 0 Å². The maximum Gasteiger partial charge on any atom is 0.573 e. The van der Waals surface area contributed by atoms with Crippen molar-refractivity contribution in [1.82, 2.24) is 0 Å². The highest BCUT2D eigenvalue weighted by Crippen LogP contribution is 2.34. The van der Waals surface area contributed by atoms with Gasteiger partial charge in [0.1, 0.15) is 11.3 Å². The van der Waals surface area contributed by atoms with Crippen LogP contribution < -0.4 is 10.4 Å². The smallest absolute Gasteiger partial charge is 0.422 e. The van der Waals surface area contributed by atoms with Crippen molar-refractivity contribution in [3.05, 3.63) is 99.4 Å². The molecular formula is C26H21F3O3. The largest absolute Gasteiger partial charge is 0.573 e. The standard InChI is InChI=1S/C26H21F3O3/c1-3-17-8-10-18(11-9-17)15-22-21-6-4-5-7-23(21)31-25(30)24(22)20-13-12-19(14-16(20)2)32-26(27,28)29/h4-14H,3,15H2,1-2H3. The summed E-state index contributed by atoms with van der Waals surface area (Å²) in [7, 11) is 0. The van der Waals surface area contributed by atoms with Gasteiger partial charge in [-0.2, -0.15) is 0 Å². The number of rotatable bonds is 5. The first-order chi connectivity index (χ1) is 15.2. The topological polar surface area (TPSA) is 39.4 Å². The third-order valence-corrected chi connectivity index (χ3v) is 5.43. The van der Waals surface area contributed by atoms with Crippen LogP contribution in [-0.4, -0.2) is 6.36 Å². The van der Waals surface area contributed by atoms with Gasteiger partial charge in [0.25, 0.3) is 0 Å². The Morgan fingerprint density at radius 2 is 1.62 bits per heavy atom. The Bertz CT molecular complexity index is 1320. The molecule has 0 spiro atoms. The minimum absolute atomic E-state index is 0.333. The molecule has 3 nitrogen and oxygen atoms in total. The van der Waals surface area contributed by atoms with Crippen LogP contribution in [0, 0.1) is 6.92 Å². The molecule has 0 N–H and O–H groups in total. The minimum Gasteiger partial charge on any atom is -0.422 e. The highest BCUT2D eigenvalue weighted by molar-refractivity contribution is 5.88. The number of hydrogen-bond donors (Lipinski definition) is 0. The van der Waals surface area contributed by atoms with E-state index in [0.29, 0.717) is 28.7 Å². The van der Waals surface area contributed by atoms with Gasteiger partial charge in [0.05, 0.1) is 5.56 Å². The molecule has 164 valence electrons. The zero-order valence-corrected chi connectivity index (χ0v) is 17.6. The van der Waals surface area contributed by atoms with Gasteiger partial charge in [-0.1, -0.05) is 55.5 Å². The van der Waals surface area contributed by atoms with Gasteiger partial charge in [-0.15, -0.1) is 13.2 Å². The second kappa shape index (κ2) is 8.54. The van der Waals surface area contributed by atoms with Crippen molar-refractivity contribution in [3.63, 3.8) is 0 Å². The lowest BCUT2D eigenvalue weighted by atomic mass is 9.91. The summed E-state index contributed by atoms with van der Waals surface area (Å²) in [6, 6.07) is 19.4. The molecule has 6 heteroatoms. The number of benzene rings is 3. The number of alkyl halides is 3. The Kier molecular flexibility index (Phi) is 5.78. The van der Waals surface area contributed by atoms with E-state index in [0.717, 1.165) is 22.9 Å². The van der Waals surface area contributed by atoms with E-state index in [9.17, 15) is 18.0 Å². The van der Waals surface area contributed by atoms with Gasteiger partial charge >= 0.3 is 12.0 Å². The van der Waals surface area contributed by atoms with Crippen LogP contribution in [0.2, 0.25) is 0 Å². The predicted molar refractivity (Wildman–Crippen MR) is 118 cm³/mol. The second-order valence-corrected chi connectivity index (χ2v) is 7.61. The summed E-state index contributed by atoms with van der Waals surface area (Å²) >= 11 is 0. The number of para-hydroxylation sites is 1. The number of halogens is 3. The highest BCUT2D eigenvalue weighted by atomic mass is 19.4. The van der Waals surface area contributed by atoms with Crippen LogP contribution in [0.5, 0.6) is 5.75 Å². The summed E-state index contributed by atoms with van der Waals surface area (Å²) in [4.78, 5) is 13.0. The van der Waals surface area contributed by atoms with Crippen LogP contribution in [0.25, 0.3) is 22.1 Å². The third-order valence-electron chi connectivity index (χ3n) is 5.43. The first kappa shape index (κ1) is 21.7. The second-order valence-electron chi connectivity index (χ2n) is 7.61.